The van der Waals surface area contributed by atoms with Gasteiger partial charge in [0.25, 0.3) is 11.8 Å². The Bertz CT molecular complexity index is 1480. The van der Waals surface area contributed by atoms with Crippen molar-refractivity contribution in [3.8, 4) is 0 Å². The van der Waals surface area contributed by atoms with Gasteiger partial charge in [0.15, 0.2) is 22.1 Å². The van der Waals surface area contributed by atoms with Gasteiger partial charge in [0.1, 0.15) is 17.5 Å². The number of cyclic esters (lactones) is 1. The van der Waals surface area contributed by atoms with Gasteiger partial charge >= 0.3 is 6.09 Å². The zero-order chi connectivity index (χ0) is 30.0. The Kier molecular flexibility index (Phi) is 8.59. The Morgan fingerprint density at radius 3 is 2.48 bits per heavy atom. The molecule has 2 aliphatic heterocycles. The maximum atomic E-state index is 15.1. The molecule has 2 aliphatic rings. The Morgan fingerprint density at radius 1 is 1.10 bits per heavy atom. The summed E-state index contributed by atoms with van der Waals surface area (Å²) in [6, 6.07) is 2.05. The van der Waals surface area contributed by atoms with Gasteiger partial charge in [0, 0.05) is 56.9 Å². The highest BCUT2D eigenvalue weighted by molar-refractivity contribution is 6.53. The number of rotatable bonds is 8. The Labute approximate surface area is 247 Å². The lowest BCUT2D eigenvalue weighted by Gasteiger charge is -2.36. The smallest absolute Gasteiger partial charge is 0.414 e. The summed E-state index contributed by atoms with van der Waals surface area (Å²) in [5.41, 5.74) is 0.287. The fourth-order valence-corrected chi connectivity index (χ4v) is 4.78. The van der Waals surface area contributed by atoms with Crippen LogP contribution in [-0.2, 0) is 14.3 Å². The average molecular weight is 625 g/mol. The van der Waals surface area contributed by atoms with Crippen LogP contribution in [0.3, 0.4) is 0 Å². The van der Waals surface area contributed by atoms with Gasteiger partial charge in [-0.15, -0.1) is 0 Å². The summed E-state index contributed by atoms with van der Waals surface area (Å²) in [6.45, 7) is 0.226. The predicted molar refractivity (Wildman–Crippen MR) is 147 cm³/mol. The second kappa shape index (κ2) is 12.3. The molecule has 4 heterocycles. The summed E-state index contributed by atoms with van der Waals surface area (Å²) < 4.78 is 37.0. The van der Waals surface area contributed by atoms with Crippen molar-refractivity contribution in [2.24, 2.45) is 0 Å². The van der Waals surface area contributed by atoms with Crippen molar-refractivity contribution in [3.05, 3.63) is 54.2 Å². The van der Waals surface area contributed by atoms with Crippen LogP contribution in [0.5, 0.6) is 0 Å². The number of benzene rings is 1. The molecule has 2 N–H and O–H groups in total. The van der Waals surface area contributed by atoms with Crippen LogP contribution >= 0.6 is 23.2 Å². The quantitative estimate of drug-likeness (QED) is 0.358. The van der Waals surface area contributed by atoms with Crippen molar-refractivity contribution in [2.45, 2.75) is 10.9 Å². The van der Waals surface area contributed by atoms with E-state index >= 15 is 8.78 Å². The first kappa shape index (κ1) is 29.3. The van der Waals surface area contributed by atoms with Crippen LogP contribution in [0.15, 0.2) is 36.9 Å². The van der Waals surface area contributed by atoms with Crippen molar-refractivity contribution in [2.75, 3.05) is 55.6 Å². The number of carbonyl (C=O) groups is 4. The van der Waals surface area contributed by atoms with E-state index in [0.717, 1.165) is 17.0 Å². The number of hydrogen-bond donors (Lipinski definition) is 2. The number of nitrogens with one attached hydrogen (secondary N) is 2. The van der Waals surface area contributed by atoms with E-state index in [1.54, 1.807) is 16.8 Å². The van der Waals surface area contributed by atoms with E-state index in [4.69, 9.17) is 27.9 Å². The molecule has 2 aromatic heterocycles. The molecular weight excluding hydrogens is 601 g/mol. The molecule has 0 aliphatic carbocycles. The number of amides is 4. The molecule has 0 unspecified atom stereocenters. The van der Waals surface area contributed by atoms with Crippen molar-refractivity contribution in [1.29, 1.82) is 0 Å². The number of fused-ring (bicyclic) bond motifs is 1. The molecule has 0 saturated carbocycles. The Morgan fingerprint density at radius 2 is 1.81 bits per heavy atom. The standard InChI is InChI=1S/C25H24Cl2F2N8O5/c26-22(27)24(40)31-9-15-12-37(25(41)42-15)14-7-16(28)21(17(29)8-14)35-5-3-34(4-6-35)20(38)11-32-23(39)18-13-36-2-1-30-10-19(36)33-18/h1-2,7-8,10,13,15,22H,3-6,9,11-12H2,(H,31,40)(H,32,39)/t15-/m0/s1. The van der Waals surface area contributed by atoms with E-state index in [1.807, 2.05) is 0 Å². The molecule has 222 valence electrons. The normalized spacial score (nSPS) is 17.1. The van der Waals surface area contributed by atoms with E-state index in [1.165, 1.54) is 22.2 Å². The third-order valence-electron chi connectivity index (χ3n) is 6.74. The third-order valence-corrected chi connectivity index (χ3v) is 7.13. The first-order valence-electron chi connectivity index (χ1n) is 12.7. The summed E-state index contributed by atoms with van der Waals surface area (Å²) in [7, 11) is 0. The third kappa shape index (κ3) is 6.31. The molecule has 0 bridgehead atoms. The van der Waals surface area contributed by atoms with Crippen molar-refractivity contribution >= 4 is 64.0 Å². The second-order valence-electron chi connectivity index (χ2n) is 9.44. The van der Waals surface area contributed by atoms with Crippen LogP contribution < -0.4 is 20.4 Å². The summed E-state index contributed by atoms with van der Waals surface area (Å²) in [5, 5.41) is 4.95. The second-order valence-corrected chi connectivity index (χ2v) is 10.5. The number of halogens is 4. The van der Waals surface area contributed by atoms with Gasteiger partial charge in [-0.1, -0.05) is 23.2 Å². The molecule has 4 amide bonds. The van der Waals surface area contributed by atoms with E-state index in [9.17, 15) is 19.2 Å². The van der Waals surface area contributed by atoms with Crippen LogP contribution in [0.4, 0.5) is 25.0 Å². The Balaban J connectivity index is 1.14. The Hall–Kier alpha value is -4.24. The topological polar surface area (TPSA) is 141 Å². The minimum atomic E-state index is -1.29. The van der Waals surface area contributed by atoms with Crippen molar-refractivity contribution < 1.29 is 32.7 Å². The van der Waals surface area contributed by atoms with Crippen LogP contribution in [0, 0.1) is 11.6 Å². The van der Waals surface area contributed by atoms with Gasteiger partial charge in [0.05, 0.1) is 31.5 Å². The zero-order valence-electron chi connectivity index (χ0n) is 21.8. The number of alkyl halides is 2. The maximum Gasteiger partial charge on any atom is 0.414 e. The van der Waals surface area contributed by atoms with Crippen molar-refractivity contribution in [1.82, 2.24) is 29.9 Å². The molecule has 0 radical (unpaired) electrons. The number of imidazole rings is 1. The minimum Gasteiger partial charge on any atom is -0.442 e. The average Bonchev–Trinajstić information content (AvgIpc) is 3.57. The minimum absolute atomic E-state index is 0.0495. The molecule has 2 fully saturated rings. The summed E-state index contributed by atoms with van der Waals surface area (Å²) in [5.74, 6) is -3.32. The van der Waals surface area contributed by atoms with Gasteiger partial charge in [-0.25, -0.2) is 18.6 Å². The maximum absolute atomic E-state index is 15.1. The fourth-order valence-electron chi connectivity index (χ4n) is 4.63. The molecule has 42 heavy (non-hydrogen) atoms. The lowest BCUT2D eigenvalue weighted by Crippen LogP contribution is -2.51. The van der Waals surface area contributed by atoms with Gasteiger partial charge < -0.3 is 29.6 Å². The molecule has 13 nitrogen and oxygen atoms in total. The van der Waals surface area contributed by atoms with Crippen LogP contribution in [0.1, 0.15) is 10.5 Å². The highest BCUT2D eigenvalue weighted by Crippen LogP contribution is 2.31. The van der Waals surface area contributed by atoms with Gasteiger partial charge in [-0.3, -0.25) is 24.3 Å². The number of carbonyl (C=O) groups excluding carboxylic acids is 4. The highest BCUT2D eigenvalue weighted by atomic mass is 35.5. The number of ether oxygens (including phenoxy) is 1. The molecule has 5 rings (SSSR count). The van der Waals surface area contributed by atoms with E-state index in [2.05, 4.69) is 20.6 Å². The van der Waals surface area contributed by atoms with Crippen molar-refractivity contribution in [3.63, 3.8) is 0 Å². The molecular formula is C25H24Cl2F2N8O5. The SMILES string of the molecule is O=C(NCC(=O)N1CCN(c2c(F)cc(N3C[C@H](CNC(=O)C(Cl)Cl)OC3=O)cc2F)CC1)c1cn2ccncc2n1. The largest absolute Gasteiger partial charge is 0.442 e. The lowest BCUT2D eigenvalue weighted by atomic mass is 10.2. The first-order valence-corrected chi connectivity index (χ1v) is 13.6. The number of hydrogen-bond acceptors (Lipinski definition) is 8. The van der Waals surface area contributed by atoms with Crippen LogP contribution in [0.2, 0.25) is 0 Å². The molecule has 1 atom stereocenters. The first-order chi connectivity index (χ1) is 20.1. The highest BCUT2D eigenvalue weighted by Gasteiger charge is 2.34. The molecule has 2 saturated heterocycles. The number of nitrogens with zero attached hydrogens (tertiary/aromatic N) is 6. The number of anilines is 2. The van der Waals surface area contributed by atoms with Gasteiger partial charge in [0.2, 0.25) is 5.91 Å². The number of aromatic nitrogens is 3. The monoisotopic (exact) mass is 624 g/mol. The zero-order valence-corrected chi connectivity index (χ0v) is 23.3. The summed E-state index contributed by atoms with van der Waals surface area (Å²) in [4.78, 5) is 59.8. The van der Waals surface area contributed by atoms with E-state index in [0.29, 0.717) is 5.65 Å². The molecule has 3 aromatic rings. The number of piperazine rings is 1. The summed E-state index contributed by atoms with van der Waals surface area (Å²) in [6.07, 6.45) is 4.62. The van der Waals surface area contributed by atoms with E-state index in [-0.39, 0.29) is 68.8 Å². The lowest BCUT2D eigenvalue weighted by molar-refractivity contribution is -0.130. The van der Waals surface area contributed by atoms with Gasteiger partial charge in [-0.2, -0.15) is 0 Å². The predicted octanol–water partition coefficient (Wildman–Crippen LogP) is 1.33. The van der Waals surface area contributed by atoms with Crippen LogP contribution in [0.25, 0.3) is 5.65 Å². The van der Waals surface area contributed by atoms with Gasteiger partial charge in [-0.05, 0) is 0 Å². The molecule has 17 heteroatoms. The van der Waals surface area contributed by atoms with Crippen LogP contribution in [-0.4, -0.2) is 99.8 Å². The van der Waals surface area contributed by atoms with E-state index < -0.39 is 40.5 Å². The molecule has 0 spiro atoms. The molecule has 1 aromatic carbocycles. The summed E-state index contributed by atoms with van der Waals surface area (Å²) >= 11 is 10.9. The fraction of sp³-hybridized carbons (Fsp3) is 0.360.